The molecule has 0 aliphatic carbocycles. The molecule has 0 saturated carbocycles. The van der Waals surface area contributed by atoms with Crippen molar-refractivity contribution < 1.29 is 19.0 Å². The maximum Gasteiger partial charge on any atom is 0.313 e. The number of benzene rings is 1. The van der Waals surface area contributed by atoms with Crippen LogP contribution in [0.25, 0.3) is 0 Å². The van der Waals surface area contributed by atoms with Gasteiger partial charge in [-0.15, -0.1) is 0 Å². The Bertz CT molecular complexity index is 555. The Labute approximate surface area is 144 Å². The molecule has 0 aromatic heterocycles. The number of fused-ring (bicyclic) bond motifs is 1. The van der Waals surface area contributed by atoms with Crippen molar-refractivity contribution >= 4 is 5.97 Å². The molecule has 2 atom stereocenters. The summed E-state index contributed by atoms with van der Waals surface area (Å²) in [6.07, 6.45) is 10.6. The van der Waals surface area contributed by atoms with Crippen molar-refractivity contribution in [2.75, 3.05) is 6.79 Å². The third kappa shape index (κ3) is 4.22. The molecule has 4 nitrogen and oxygen atoms in total. The van der Waals surface area contributed by atoms with Crippen molar-refractivity contribution in [3.63, 3.8) is 0 Å². The van der Waals surface area contributed by atoms with Gasteiger partial charge in [0, 0.05) is 0 Å². The summed E-state index contributed by atoms with van der Waals surface area (Å²) in [5.74, 6) is 1.94. The summed E-state index contributed by atoms with van der Waals surface area (Å²) in [6, 6.07) is 6.24. The molecule has 24 heavy (non-hydrogen) atoms. The molecule has 0 N–H and O–H groups in total. The first kappa shape index (κ1) is 17.1. The quantitative estimate of drug-likeness (QED) is 0.462. The Morgan fingerprint density at radius 1 is 1.00 bits per heavy atom. The van der Waals surface area contributed by atoms with Crippen LogP contribution in [0.5, 0.6) is 11.5 Å². The lowest BCUT2D eigenvalue weighted by molar-refractivity contribution is -0.185. The van der Waals surface area contributed by atoms with E-state index >= 15 is 0 Å². The van der Waals surface area contributed by atoms with Gasteiger partial charge in [-0.2, -0.15) is 0 Å². The number of aryl methyl sites for hydroxylation is 1. The lowest BCUT2D eigenvalue weighted by Crippen LogP contribution is -2.44. The van der Waals surface area contributed by atoms with Gasteiger partial charge in [-0.05, 0) is 43.4 Å². The van der Waals surface area contributed by atoms with Crippen molar-refractivity contribution in [2.24, 2.45) is 5.92 Å². The standard InChI is InChI=1S/C20H28O4/c1-2-17-16(20(21)24-17)10-8-6-4-3-5-7-9-15-11-12-18-19(13-15)23-14-22-18/h11-13,16-17H,2-10,14H2,1H3. The number of ether oxygens (including phenoxy) is 3. The maximum absolute atomic E-state index is 11.4. The average molecular weight is 332 g/mol. The average Bonchev–Trinajstić information content (AvgIpc) is 3.05. The number of hydrogen-bond acceptors (Lipinski definition) is 4. The molecule has 0 bridgehead atoms. The summed E-state index contributed by atoms with van der Waals surface area (Å²) in [4.78, 5) is 11.4. The zero-order valence-electron chi connectivity index (χ0n) is 14.6. The zero-order valence-corrected chi connectivity index (χ0v) is 14.6. The number of unbranched alkanes of at least 4 members (excludes halogenated alkanes) is 5. The number of carbonyl (C=O) groups is 1. The summed E-state index contributed by atoms with van der Waals surface area (Å²) in [5.41, 5.74) is 1.33. The Morgan fingerprint density at radius 2 is 1.75 bits per heavy atom. The minimum atomic E-state index is 0.0191. The van der Waals surface area contributed by atoms with Crippen molar-refractivity contribution in [1.82, 2.24) is 0 Å². The van der Waals surface area contributed by atoms with E-state index in [9.17, 15) is 4.79 Å². The summed E-state index contributed by atoms with van der Waals surface area (Å²) >= 11 is 0. The van der Waals surface area contributed by atoms with Gasteiger partial charge in [0.15, 0.2) is 11.5 Å². The first-order valence-corrected chi connectivity index (χ1v) is 9.37. The van der Waals surface area contributed by atoms with Crippen LogP contribution in [0, 0.1) is 5.92 Å². The molecule has 2 aliphatic heterocycles. The zero-order chi connectivity index (χ0) is 16.8. The van der Waals surface area contributed by atoms with Crippen LogP contribution in [0.4, 0.5) is 0 Å². The van der Waals surface area contributed by atoms with Crippen LogP contribution < -0.4 is 9.47 Å². The van der Waals surface area contributed by atoms with Gasteiger partial charge in [0.25, 0.3) is 0 Å². The Kier molecular flexibility index (Phi) is 6.00. The Balaban J connectivity index is 1.21. The highest BCUT2D eigenvalue weighted by Gasteiger charge is 2.40. The summed E-state index contributed by atoms with van der Waals surface area (Å²) in [5, 5.41) is 0. The highest BCUT2D eigenvalue weighted by Crippen LogP contribution is 2.33. The highest BCUT2D eigenvalue weighted by molar-refractivity contribution is 5.78. The molecule has 1 saturated heterocycles. The summed E-state index contributed by atoms with van der Waals surface area (Å²) in [7, 11) is 0. The molecular formula is C20H28O4. The molecule has 4 heteroatoms. The smallest absolute Gasteiger partial charge is 0.313 e. The molecule has 1 fully saturated rings. The van der Waals surface area contributed by atoms with Crippen LogP contribution in [0.1, 0.15) is 63.9 Å². The first-order chi connectivity index (χ1) is 11.8. The van der Waals surface area contributed by atoms with Gasteiger partial charge < -0.3 is 14.2 Å². The number of hydrogen-bond donors (Lipinski definition) is 0. The molecule has 2 aliphatic rings. The fourth-order valence-electron chi connectivity index (χ4n) is 3.57. The Morgan fingerprint density at radius 3 is 2.54 bits per heavy atom. The molecule has 0 spiro atoms. The molecule has 1 aromatic rings. The number of carbonyl (C=O) groups excluding carboxylic acids is 1. The lowest BCUT2D eigenvalue weighted by Gasteiger charge is -2.34. The van der Waals surface area contributed by atoms with Crippen molar-refractivity contribution in [3.8, 4) is 11.5 Å². The van der Waals surface area contributed by atoms with E-state index in [4.69, 9.17) is 14.2 Å². The summed E-state index contributed by atoms with van der Waals surface area (Å²) in [6.45, 7) is 2.43. The van der Waals surface area contributed by atoms with Crippen LogP contribution in [0.3, 0.4) is 0 Å². The van der Waals surface area contributed by atoms with Gasteiger partial charge in [-0.3, -0.25) is 4.79 Å². The maximum atomic E-state index is 11.4. The van der Waals surface area contributed by atoms with Crippen molar-refractivity contribution in [3.05, 3.63) is 23.8 Å². The number of esters is 1. The van der Waals surface area contributed by atoms with Gasteiger partial charge >= 0.3 is 5.97 Å². The normalized spacial score (nSPS) is 21.5. The monoisotopic (exact) mass is 332 g/mol. The molecule has 132 valence electrons. The summed E-state index contributed by atoms with van der Waals surface area (Å²) < 4.78 is 15.9. The van der Waals surface area contributed by atoms with E-state index in [1.165, 1.54) is 37.7 Å². The second-order valence-electron chi connectivity index (χ2n) is 6.84. The third-order valence-electron chi connectivity index (χ3n) is 5.09. The molecule has 2 heterocycles. The topological polar surface area (TPSA) is 44.8 Å². The van der Waals surface area contributed by atoms with Crippen molar-refractivity contribution in [2.45, 2.75) is 70.8 Å². The van der Waals surface area contributed by atoms with Crippen LogP contribution in [-0.2, 0) is 16.0 Å². The van der Waals surface area contributed by atoms with E-state index in [1.807, 2.05) is 6.07 Å². The fourth-order valence-corrected chi connectivity index (χ4v) is 3.57. The second kappa shape index (κ2) is 8.41. The van der Waals surface area contributed by atoms with Gasteiger partial charge in [-0.25, -0.2) is 0 Å². The van der Waals surface area contributed by atoms with E-state index in [0.29, 0.717) is 6.79 Å². The molecule has 3 rings (SSSR count). The predicted molar refractivity (Wildman–Crippen MR) is 92.2 cm³/mol. The molecule has 1 aromatic carbocycles. The van der Waals surface area contributed by atoms with Gasteiger partial charge in [0.05, 0.1) is 5.92 Å². The predicted octanol–water partition coefficient (Wildman–Crippen LogP) is 4.64. The van der Waals surface area contributed by atoms with E-state index in [-0.39, 0.29) is 18.0 Å². The van der Waals surface area contributed by atoms with Gasteiger partial charge in [0.1, 0.15) is 6.10 Å². The van der Waals surface area contributed by atoms with E-state index in [0.717, 1.165) is 37.2 Å². The minimum absolute atomic E-state index is 0.0191. The number of cyclic esters (lactones) is 1. The minimum Gasteiger partial charge on any atom is -0.461 e. The molecule has 0 radical (unpaired) electrons. The van der Waals surface area contributed by atoms with Gasteiger partial charge in [-0.1, -0.05) is 45.1 Å². The first-order valence-electron chi connectivity index (χ1n) is 9.37. The fraction of sp³-hybridized carbons (Fsp3) is 0.650. The van der Waals surface area contributed by atoms with Gasteiger partial charge in [0.2, 0.25) is 6.79 Å². The van der Waals surface area contributed by atoms with E-state index in [1.54, 1.807) is 0 Å². The largest absolute Gasteiger partial charge is 0.461 e. The SMILES string of the molecule is CCC1OC(=O)C1CCCCCCCCc1ccc2c(c1)OCO2. The molecule has 0 amide bonds. The van der Waals surface area contributed by atoms with Crippen LogP contribution in [0.15, 0.2) is 18.2 Å². The van der Waals surface area contributed by atoms with Crippen LogP contribution >= 0.6 is 0 Å². The molecule has 2 unspecified atom stereocenters. The highest BCUT2D eigenvalue weighted by atomic mass is 16.7. The lowest BCUT2D eigenvalue weighted by atomic mass is 9.89. The van der Waals surface area contributed by atoms with E-state index in [2.05, 4.69) is 19.1 Å². The second-order valence-corrected chi connectivity index (χ2v) is 6.84. The molecular weight excluding hydrogens is 304 g/mol. The van der Waals surface area contributed by atoms with Crippen molar-refractivity contribution in [1.29, 1.82) is 0 Å². The Hall–Kier alpha value is -1.71. The van der Waals surface area contributed by atoms with Crippen LogP contribution in [-0.4, -0.2) is 18.9 Å². The van der Waals surface area contributed by atoms with E-state index < -0.39 is 0 Å². The number of rotatable bonds is 10. The van der Waals surface area contributed by atoms with Crippen LogP contribution in [0.2, 0.25) is 0 Å². The third-order valence-corrected chi connectivity index (χ3v) is 5.09.